The zero-order valence-corrected chi connectivity index (χ0v) is 12.2. The van der Waals surface area contributed by atoms with Crippen molar-refractivity contribution in [2.75, 3.05) is 26.2 Å². The molecule has 0 spiro atoms. The van der Waals surface area contributed by atoms with Crippen molar-refractivity contribution in [2.45, 2.75) is 13.8 Å². The summed E-state index contributed by atoms with van der Waals surface area (Å²) in [7, 11) is 0. The molecule has 106 valence electrons. The highest BCUT2D eigenvalue weighted by Crippen LogP contribution is 2.14. The van der Waals surface area contributed by atoms with Crippen LogP contribution >= 0.6 is 0 Å². The molecular weight excluding hydrogens is 248 g/mol. The molecule has 0 amide bonds. The molecule has 0 saturated heterocycles. The van der Waals surface area contributed by atoms with E-state index in [1.54, 1.807) is 6.21 Å². The first-order valence-electron chi connectivity index (χ1n) is 7.20. The summed E-state index contributed by atoms with van der Waals surface area (Å²) in [5.74, 6) is 0. The Morgan fingerprint density at radius 3 is 2.55 bits per heavy atom. The molecule has 0 aliphatic rings. The molecular formula is C17H22N2O. The van der Waals surface area contributed by atoms with Gasteiger partial charge >= 0.3 is 0 Å². The van der Waals surface area contributed by atoms with Crippen molar-refractivity contribution in [3.8, 4) is 0 Å². The maximum atomic E-state index is 5.31. The van der Waals surface area contributed by atoms with E-state index < -0.39 is 0 Å². The molecule has 2 rings (SSSR count). The molecule has 0 heterocycles. The molecule has 2 aromatic carbocycles. The van der Waals surface area contributed by atoms with E-state index in [1.807, 2.05) is 12.1 Å². The monoisotopic (exact) mass is 270 g/mol. The predicted octanol–water partition coefficient (Wildman–Crippen LogP) is 3.53. The summed E-state index contributed by atoms with van der Waals surface area (Å²) in [5, 5.41) is 6.50. The van der Waals surface area contributed by atoms with E-state index in [1.165, 1.54) is 10.8 Å². The van der Waals surface area contributed by atoms with Gasteiger partial charge in [0, 0.05) is 6.54 Å². The Morgan fingerprint density at radius 2 is 1.80 bits per heavy atom. The lowest BCUT2D eigenvalue weighted by molar-refractivity contribution is 0.115. The summed E-state index contributed by atoms with van der Waals surface area (Å²) in [6.07, 6.45) is 1.77. The van der Waals surface area contributed by atoms with Crippen LogP contribution in [0.1, 0.15) is 19.4 Å². The first kappa shape index (κ1) is 14.5. The number of benzene rings is 2. The zero-order chi connectivity index (χ0) is 14.2. The molecule has 0 aromatic heterocycles. The van der Waals surface area contributed by atoms with E-state index in [2.05, 4.69) is 54.2 Å². The van der Waals surface area contributed by atoms with Crippen LogP contribution in [0.3, 0.4) is 0 Å². The van der Waals surface area contributed by atoms with E-state index in [9.17, 15) is 0 Å². The van der Waals surface area contributed by atoms with Crippen LogP contribution in [0.25, 0.3) is 10.8 Å². The second-order valence-electron chi connectivity index (χ2n) is 4.70. The van der Waals surface area contributed by atoms with Gasteiger partial charge in [0.2, 0.25) is 0 Å². The SMILES string of the molecule is CCN(CC)CCO/N=C/c1ccc2ccccc2c1. The molecule has 2 aromatic rings. The van der Waals surface area contributed by atoms with Gasteiger partial charge in [-0.25, -0.2) is 0 Å². The molecule has 0 unspecified atom stereocenters. The average molecular weight is 270 g/mol. The Balaban J connectivity index is 1.86. The molecule has 3 heteroatoms. The van der Waals surface area contributed by atoms with Crippen molar-refractivity contribution >= 4 is 17.0 Å². The van der Waals surface area contributed by atoms with Gasteiger partial charge in [-0.15, -0.1) is 0 Å². The number of hydrogen-bond donors (Lipinski definition) is 0. The maximum Gasteiger partial charge on any atom is 0.129 e. The van der Waals surface area contributed by atoms with Crippen molar-refractivity contribution in [1.29, 1.82) is 0 Å². The van der Waals surface area contributed by atoms with Gasteiger partial charge in [-0.1, -0.05) is 55.4 Å². The fraction of sp³-hybridized carbons (Fsp3) is 0.353. The lowest BCUT2D eigenvalue weighted by Crippen LogP contribution is -2.26. The third-order valence-corrected chi connectivity index (χ3v) is 3.44. The Bertz CT molecular complexity index is 562. The standard InChI is InChI=1S/C17H22N2O/c1-3-19(4-2)11-12-20-18-14-15-9-10-16-7-5-6-8-17(16)13-15/h5-10,13-14H,3-4,11-12H2,1-2H3/b18-14+. The molecule has 0 saturated carbocycles. The first-order chi connectivity index (χ1) is 9.83. The summed E-state index contributed by atoms with van der Waals surface area (Å²) in [5.41, 5.74) is 1.06. The zero-order valence-electron chi connectivity index (χ0n) is 12.2. The second-order valence-corrected chi connectivity index (χ2v) is 4.70. The molecule has 0 bridgehead atoms. The molecule has 0 atom stereocenters. The fourth-order valence-corrected chi connectivity index (χ4v) is 2.15. The molecule has 0 radical (unpaired) electrons. The van der Waals surface area contributed by atoms with Gasteiger partial charge in [-0.2, -0.15) is 0 Å². The summed E-state index contributed by atoms with van der Waals surface area (Å²) in [4.78, 5) is 7.62. The van der Waals surface area contributed by atoms with Crippen LogP contribution in [0.4, 0.5) is 0 Å². The second kappa shape index (κ2) is 7.65. The van der Waals surface area contributed by atoms with Gasteiger partial charge < -0.3 is 9.74 Å². The normalized spacial score (nSPS) is 11.6. The largest absolute Gasteiger partial charge is 0.394 e. The smallest absolute Gasteiger partial charge is 0.129 e. The van der Waals surface area contributed by atoms with Crippen LogP contribution in [-0.4, -0.2) is 37.4 Å². The highest BCUT2D eigenvalue weighted by Gasteiger charge is 1.97. The highest BCUT2D eigenvalue weighted by molar-refractivity contribution is 5.90. The number of oxime groups is 1. The summed E-state index contributed by atoms with van der Waals surface area (Å²) in [6, 6.07) is 14.6. The van der Waals surface area contributed by atoms with E-state index in [4.69, 9.17) is 4.84 Å². The highest BCUT2D eigenvalue weighted by atomic mass is 16.6. The Morgan fingerprint density at radius 1 is 1.05 bits per heavy atom. The van der Waals surface area contributed by atoms with Crippen LogP contribution in [0.2, 0.25) is 0 Å². The molecule has 0 N–H and O–H groups in total. The fourth-order valence-electron chi connectivity index (χ4n) is 2.15. The Labute approximate surface area is 120 Å². The van der Waals surface area contributed by atoms with E-state index in [0.717, 1.165) is 25.2 Å². The van der Waals surface area contributed by atoms with Gasteiger partial charge in [0.05, 0.1) is 6.21 Å². The number of likely N-dealkylation sites (N-methyl/N-ethyl adjacent to an activating group) is 1. The van der Waals surface area contributed by atoms with Crippen LogP contribution < -0.4 is 0 Å². The van der Waals surface area contributed by atoms with Crippen molar-refractivity contribution in [1.82, 2.24) is 4.90 Å². The average Bonchev–Trinajstić information content (AvgIpc) is 2.51. The number of hydrogen-bond acceptors (Lipinski definition) is 3. The van der Waals surface area contributed by atoms with Crippen molar-refractivity contribution in [3.05, 3.63) is 48.0 Å². The minimum absolute atomic E-state index is 0.631. The topological polar surface area (TPSA) is 24.8 Å². The minimum Gasteiger partial charge on any atom is -0.394 e. The third-order valence-electron chi connectivity index (χ3n) is 3.44. The van der Waals surface area contributed by atoms with Gasteiger partial charge in [0.15, 0.2) is 0 Å². The molecule has 20 heavy (non-hydrogen) atoms. The molecule has 0 aliphatic carbocycles. The number of nitrogens with zero attached hydrogens (tertiary/aromatic N) is 2. The van der Waals surface area contributed by atoms with Crippen molar-refractivity contribution in [2.24, 2.45) is 5.16 Å². The van der Waals surface area contributed by atoms with Crippen LogP contribution in [0.15, 0.2) is 47.6 Å². The van der Waals surface area contributed by atoms with Gasteiger partial charge in [-0.05, 0) is 35.5 Å². The maximum absolute atomic E-state index is 5.31. The number of fused-ring (bicyclic) bond motifs is 1. The number of rotatable bonds is 7. The molecule has 0 fully saturated rings. The molecule has 0 aliphatic heterocycles. The van der Waals surface area contributed by atoms with Gasteiger partial charge in [-0.3, -0.25) is 0 Å². The van der Waals surface area contributed by atoms with Crippen LogP contribution in [0.5, 0.6) is 0 Å². The van der Waals surface area contributed by atoms with Crippen LogP contribution in [0, 0.1) is 0 Å². The van der Waals surface area contributed by atoms with Gasteiger partial charge in [0.1, 0.15) is 6.61 Å². The molecule has 3 nitrogen and oxygen atoms in total. The van der Waals surface area contributed by atoms with Gasteiger partial charge in [0.25, 0.3) is 0 Å². The van der Waals surface area contributed by atoms with E-state index in [-0.39, 0.29) is 0 Å². The predicted molar refractivity (Wildman–Crippen MR) is 85.3 cm³/mol. The summed E-state index contributed by atoms with van der Waals surface area (Å²) >= 11 is 0. The van der Waals surface area contributed by atoms with Crippen LogP contribution in [-0.2, 0) is 4.84 Å². The summed E-state index contributed by atoms with van der Waals surface area (Å²) in [6.45, 7) is 7.96. The minimum atomic E-state index is 0.631. The van der Waals surface area contributed by atoms with Crippen molar-refractivity contribution in [3.63, 3.8) is 0 Å². The lowest BCUT2D eigenvalue weighted by atomic mass is 10.1. The quantitative estimate of drug-likeness (QED) is 0.437. The third kappa shape index (κ3) is 4.07. The first-order valence-corrected chi connectivity index (χ1v) is 7.20. The Kier molecular flexibility index (Phi) is 5.56. The van der Waals surface area contributed by atoms with E-state index >= 15 is 0 Å². The Hall–Kier alpha value is -1.87. The van der Waals surface area contributed by atoms with E-state index in [0.29, 0.717) is 6.61 Å². The van der Waals surface area contributed by atoms with Crippen molar-refractivity contribution < 1.29 is 4.84 Å². The lowest BCUT2D eigenvalue weighted by Gasteiger charge is -2.16. The summed E-state index contributed by atoms with van der Waals surface area (Å²) < 4.78 is 0.